The van der Waals surface area contributed by atoms with Gasteiger partial charge in [0.05, 0.1) is 0 Å². The smallest absolute Gasteiger partial charge is 0.226 e. The summed E-state index contributed by atoms with van der Waals surface area (Å²) in [5, 5.41) is 2.29. The number of carbonyl (C=O) groups excluding carboxylic acids is 3. The highest BCUT2D eigenvalue weighted by Gasteiger charge is 2.24. The third kappa shape index (κ3) is 5.51. The molecule has 0 aromatic carbocycles. The van der Waals surface area contributed by atoms with Gasteiger partial charge < -0.3 is 0 Å². The predicted octanol–water partition coefficient (Wildman–Crippen LogP) is 2.55. The SMILES string of the molecule is C=CC(C)=CC(C)C(=O)CCCC1CC(=O)NC(=O)C1. The van der Waals surface area contributed by atoms with Gasteiger partial charge >= 0.3 is 0 Å². The Kier molecular flexibility index (Phi) is 6.36. The van der Waals surface area contributed by atoms with E-state index in [4.69, 9.17) is 0 Å². The summed E-state index contributed by atoms with van der Waals surface area (Å²) in [5.41, 5.74) is 1.00. The first-order valence-electron chi connectivity index (χ1n) is 7.08. The van der Waals surface area contributed by atoms with Crippen molar-refractivity contribution in [2.24, 2.45) is 11.8 Å². The van der Waals surface area contributed by atoms with Crippen LogP contribution in [0.3, 0.4) is 0 Å². The zero-order chi connectivity index (χ0) is 15.1. The van der Waals surface area contributed by atoms with E-state index in [0.29, 0.717) is 19.3 Å². The summed E-state index contributed by atoms with van der Waals surface area (Å²) >= 11 is 0. The van der Waals surface area contributed by atoms with E-state index in [0.717, 1.165) is 18.4 Å². The Morgan fingerprint density at radius 2 is 2.00 bits per heavy atom. The number of ketones is 1. The van der Waals surface area contributed by atoms with Crippen molar-refractivity contribution in [1.29, 1.82) is 0 Å². The van der Waals surface area contributed by atoms with E-state index in [1.807, 2.05) is 19.9 Å². The van der Waals surface area contributed by atoms with Gasteiger partial charge in [0, 0.05) is 25.2 Å². The lowest BCUT2D eigenvalue weighted by molar-refractivity contribution is -0.134. The molecule has 1 aliphatic rings. The summed E-state index contributed by atoms with van der Waals surface area (Å²) in [7, 11) is 0. The van der Waals surface area contributed by atoms with Gasteiger partial charge in [0.1, 0.15) is 5.78 Å². The standard InChI is InChI=1S/C16H23NO3/c1-4-11(2)8-12(3)14(18)7-5-6-13-9-15(19)17-16(20)10-13/h4,8,12-13H,1,5-7,9-10H2,2-3H3,(H,17,19,20). The largest absolute Gasteiger partial charge is 0.299 e. The van der Waals surface area contributed by atoms with Gasteiger partial charge in [-0.05, 0) is 25.7 Å². The number of Topliss-reactive ketones (excluding diaryl/α,β-unsaturated/α-hetero) is 1. The van der Waals surface area contributed by atoms with Gasteiger partial charge in [0.2, 0.25) is 11.8 Å². The molecule has 2 amide bonds. The minimum atomic E-state index is -0.199. The fourth-order valence-corrected chi connectivity index (χ4v) is 2.41. The molecule has 4 heteroatoms. The third-order valence-corrected chi connectivity index (χ3v) is 3.61. The Balaban J connectivity index is 2.33. The van der Waals surface area contributed by atoms with E-state index >= 15 is 0 Å². The maximum Gasteiger partial charge on any atom is 0.226 e. The number of allylic oxidation sites excluding steroid dienone is 3. The van der Waals surface area contributed by atoms with E-state index in [2.05, 4.69) is 11.9 Å². The van der Waals surface area contributed by atoms with Crippen molar-refractivity contribution in [1.82, 2.24) is 5.32 Å². The Labute approximate surface area is 120 Å². The Hall–Kier alpha value is -1.71. The van der Waals surface area contributed by atoms with Crippen LogP contribution in [-0.4, -0.2) is 17.6 Å². The maximum absolute atomic E-state index is 11.9. The molecule has 1 atom stereocenters. The Bertz CT molecular complexity index is 421. The van der Waals surface area contributed by atoms with E-state index in [1.54, 1.807) is 6.08 Å². The van der Waals surface area contributed by atoms with Gasteiger partial charge in [0.15, 0.2) is 0 Å². The Morgan fingerprint density at radius 3 is 2.55 bits per heavy atom. The second-order valence-corrected chi connectivity index (χ2v) is 5.51. The zero-order valence-corrected chi connectivity index (χ0v) is 12.3. The van der Waals surface area contributed by atoms with E-state index < -0.39 is 0 Å². The van der Waals surface area contributed by atoms with Crippen LogP contribution in [0.4, 0.5) is 0 Å². The van der Waals surface area contributed by atoms with Crippen molar-refractivity contribution in [2.45, 2.75) is 46.0 Å². The highest BCUT2D eigenvalue weighted by molar-refractivity contribution is 5.97. The van der Waals surface area contributed by atoms with Crippen LogP contribution in [0.5, 0.6) is 0 Å². The van der Waals surface area contributed by atoms with Gasteiger partial charge in [-0.1, -0.05) is 31.2 Å². The number of imide groups is 1. The van der Waals surface area contributed by atoms with Crippen LogP contribution in [0.15, 0.2) is 24.3 Å². The molecule has 110 valence electrons. The average Bonchev–Trinajstić information content (AvgIpc) is 2.37. The molecular formula is C16H23NO3. The lowest BCUT2D eigenvalue weighted by atomic mass is 9.90. The first-order valence-corrected chi connectivity index (χ1v) is 7.08. The molecule has 0 bridgehead atoms. The second kappa shape index (κ2) is 7.78. The predicted molar refractivity (Wildman–Crippen MR) is 77.8 cm³/mol. The lowest BCUT2D eigenvalue weighted by Gasteiger charge is -2.20. The molecule has 1 heterocycles. The summed E-state index contributed by atoms with van der Waals surface area (Å²) in [6.07, 6.45) is 6.41. The van der Waals surface area contributed by atoms with Crippen LogP contribution in [0, 0.1) is 11.8 Å². The fraction of sp³-hybridized carbons (Fsp3) is 0.562. The number of rotatable bonds is 7. The molecule has 0 aliphatic carbocycles. The van der Waals surface area contributed by atoms with Gasteiger partial charge in [-0.2, -0.15) is 0 Å². The first-order chi connectivity index (χ1) is 9.42. The third-order valence-electron chi connectivity index (χ3n) is 3.61. The summed E-state index contributed by atoms with van der Waals surface area (Å²) in [5.74, 6) is -0.224. The Morgan fingerprint density at radius 1 is 1.40 bits per heavy atom. The van der Waals surface area contributed by atoms with Gasteiger partial charge in [-0.15, -0.1) is 0 Å². The number of nitrogens with one attached hydrogen (secondary N) is 1. The molecule has 0 saturated carbocycles. The molecule has 1 N–H and O–H groups in total. The molecule has 1 fully saturated rings. The van der Waals surface area contributed by atoms with Crippen molar-refractivity contribution in [3.63, 3.8) is 0 Å². The van der Waals surface area contributed by atoms with Crippen LogP contribution in [-0.2, 0) is 14.4 Å². The molecule has 1 aliphatic heterocycles. The molecule has 0 aromatic heterocycles. The monoisotopic (exact) mass is 277 g/mol. The average molecular weight is 277 g/mol. The maximum atomic E-state index is 11.9. The number of hydrogen-bond donors (Lipinski definition) is 1. The summed E-state index contributed by atoms with van der Waals surface area (Å²) in [4.78, 5) is 34.4. The molecule has 1 saturated heterocycles. The van der Waals surface area contributed by atoms with Crippen molar-refractivity contribution < 1.29 is 14.4 Å². The first kappa shape index (κ1) is 16.3. The highest BCUT2D eigenvalue weighted by atomic mass is 16.2. The quantitative estimate of drug-likeness (QED) is 0.574. The van der Waals surface area contributed by atoms with Gasteiger partial charge in [0.25, 0.3) is 0 Å². The number of amides is 2. The molecule has 20 heavy (non-hydrogen) atoms. The van der Waals surface area contributed by atoms with Crippen LogP contribution in [0.2, 0.25) is 0 Å². The lowest BCUT2D eigenvalue weighted by Crippen LogP contribution is -2.38. The molecule has 0 radical (unpaired) electrons. The minimum Gasteiger partial charge on any atom is -0.299 e. The van der Waals surface area contributed by atoms with E-state index in [-0.39, 0.29) is 29.4 Å². The molecule has 1 unspecified atom stereocenters. The van der Waals surface area contributed by atoms with Crippen LogP contribution >= 0.6 is 0 Å². The normalized spacial score (nSPS) is 18.6. The highest BCUT2D eigenvalue weighted by Crippen LogP contribution is 2.21. The van der Waals surface area contributed by atoms with E-state index in [9.17, 15) is 14.4 Å². The van der Waals surface area contributed by atoms with Crippen molar-refractivity contribution in [3.05, 3.63) is 24.3 Å². The van der Waals surface area contributed by atoms with Crippen LogP contribution in [0.25, 0.3) is 0 Å². The second-order valence-electron chi connectivity index (χ2n) is 5.51. The summed E-state index contributed by atoms with van der Waals surface area (Å²) in [6.45, 7) is 7.46. The summed E-state index contributed by atoms with van der Waals surface area (Å²) in [6, 6.07) is 0. The van der Waals surface area contributed by atoms with Gasteiger partial charge in [-0.25, -0.2) is 0 Å². The summed E-state index contributed by atoms with van der Waals surface area (Å²) < 4.78 is 0. The van der Waals surface area contributed by atoms with Crippen LogP contribution < -0.4 is 5.32 Å². The molecular weight excluding hydrogens is 254 g/mol. The molecule has 0 spiro atoms. The topological polar surface area (TPSA) is 63.2 Å². The molecule has 4 nitrogen and oxygen atoms in total. The molecule has 0 aromatic rings. The number of hydrogen-bond acceptors (Lipinski definition) is 3. The van der Waals surface area contributed by atoms with Crippen LogP contribution in [0.1, 0.15) is 46.0 Å². The van der Waals surface area contributed by atoms with Crippen molar-refractivity contribution >= 4 is 17.6 Å². The number of carbonyl (C=O) groups is 3. The molecule has 1 rings (SSSR count). The number of piperidine rings is 1. The van der Waals surface area contributed by atoms with Crippen molar-refractivity contribution in [3.8, 4) is 0 Å². The van der Waals surface area contributed by atoms with Crippen molar-refractivity contribution in [2.75, 3.05) is 0 Å². The minimum absolute atomic E-state index is 0.0878. The zero-order valence-electron chi connectivity index (χ0n) is 12.3. The fourth-order valence-electron chi connectivity index (χ4n) is 2.41. The van der Waals surface area contributed by atoms with Gasteiger partial charge in [-0.3, -0.25) is 19.7 Å². The van der Waals surface area contributed by atoms with E-state index in [1.165, 1.54) is 0 Å².